The number of nitro groups is 1. The molecule has 7 nitrogen and oxygen atoms in total. The summed E-state index contributed by atoms with van der Waals surface area (Å²) in [6, 6.07) is 2.52. The zero-order valence-electron chi connectivity index (χ0n) is 12.2. The summed E-state index contributed by atoms with van der Waals surface area (Å²) in [7, 11) is -3.84. The number of benzene rings is 1. The summed E-state index contributed by atoms with van der Waals surface area (Å²) in [4.78, 5) is 10.4. The van der Waals surface area contributed by atoms with Crippen LogP contribution in [0.25, 0.3) is 0 Å². The number of hydrogen-bond acceptors (Lipinski definition) is 5. The van der Waals surface area contributed by atoms with Gasteiger partial charge in [-0.25, -0.2) is 8.42 Å². The Morgan fingerprint density at radius 1 is 1.38 bits per heavy atom. The van der Waals surface area contributed by atoms with Crippen LogP contribution in [0.15, 0.2) is 17.0 Å². The molecule has 1 aliphatic heterocycles. The molecule has 0 aliphatic carbocycles. The molecule has 1 atom stereocenters. The van der Waals surface area contributed by atoms with Gasteiger partial charge in [-0.1, -0.05) is 0 Å². The molecule has 0 radical (unpaired) electrons. The molecule has 1 aliphatic rings. The zero-order chi connectivity index (χ0) is 16.0. The maximum absolute atomic E-state index is 12.6. The van der Waals surface area contributed by atoms with Crippen LogP contribution in [-0.2, 0) is 10.0 Å². The molecule has 1 unspecified atom stereocenters. The first-order chi connectivity index (χ1) is 9.54. The Morgan fingerprint density at radius 2 is 2.00 bits per heavy atom. The third-order valence-electron chi connectivity index (χ3n) is 3.86. The van der Waals surface area contributed by atoms with Crippen molar-refractivity contribution in [1.82, 2.24) is 4.31 Å². The minimum Gasteiger partial charge on any atom is -0.389 e. The summed E-state index contributed by atoms with van der Waals surface area (Å²) in [5.41, 5.74) is -0.265. The highest BCUT2D eigenvalue weighted by Gasteiger charge is 2.39. The van der Waals surface area contributed by atoms with Crippen LogP contribution < -0.4 is 0 Å². The first kappa shape index (κ1) is 15.9. The number of sulfonamides is 1. The van der Waals surface area contributed by atoms with Crippen LogP contribution in [0.5, 0.6) is 0 Å². The van der Waals surface area contributed by atoms with Crippen molar-refractivity contribution in [1.29, 1.82) is 0 Å². The number of aryl methyl sites for hydroxylation is 1. The quantitative estimate of drug-likeness (QED) is 0.670. The first-order valence-corrected chi connectivity index (χ1v) is 7.97. The Morgan fingerprint density at radius 3 is 2.48 bits per heavy atom. The number of rotatable bonds is 3. The van der Waals surface area contributed by atoms with E-state index in [2.05, 4.69) is 0 Å². The summed E-state index contributed by atoms with van der Waals surface area (Å²) in [5.74, 6) is 0. The van der Waals surface area contributed by atoms with Gasteiger partial charge in [0.05, 0.1) is 15.4 Å². The number of nitro benzene ring substituents is 1. The second kappa shape index (κ2) is 5.04. The lowest BCUT2D eigenvalue weighted by atomic mass is 10.1. The van der Waals surface area contributed by atoms with Gasteiger partial charge >= 0.3 is 0 Å². The van der Waals surface area contributed by atoms with Crippen molar-refractivity contribution in [3.05, 3.63) is 33.4 Å². The number of β-amino-alcohol motifs (C(OH)–C–C–N with tert-alkyl or cyclic N) is 1. The van der Waals surface area contributed by atoms with Crippen molar-refractivity contribution in [3.63, 3.8) is 0 Å². The minimum absolute atomic E-state index is 0.00391. The van der Waals surface area contributed by atoms with Crippen molar-refractivity contribution in [2.75, 3.05) is 13.1 Å². The fourth-order valence-electron chi connectivity index (χ4n) is 2.40. The molecule has 116 valence electrons. The van der Waals surface area contributed by atoms with Crippen LogP contribution in [0.3, 0.4) is 0 Å². The van der Waals surface area contributed by atoms with Gasteiger partial charge in [0.15, 0.2) is 0 Å². The molecule has 0 aromatic heterocycles. The fraction of sp³-hybridized carbons (Fsp3) is 0.538. The molecule has 1 fully saturated rings. The van der Waals surface area contributed by atoms with E-state index in [1.807, 2.05) is 0 Å². The third kappa shape index (κ3) is 2.92. The van der Waals surface area contributed by atoms with Gasteiger partial charge in [-0.3, -0.25) is 10.1 Å². The van der Waals surface area contributed by atoms with Gasteiger partial charge in [-0.15, -0.1) is 0 Å². The van der Waals surface area contributed by atoms with Gasteiger partial charge < -0.3 is 5.11 Å². The molecule has 1 N–H and O–H groups in total. The van der Waals surface area contributed by atoms with Crippen molar-refractivity contribution < 1.29 is 18.4 Å². The van der Waals surface area contributed by atoms with E-state index in [4.69, 9.17) is 0 Å². The van der Waals surface area contributed by atoms with Gasteiger partial charge in [0.2, 0.25) is 10.0 Å². The van der Waals surface area contributed by atoms with Crippen LogP contribution in [0, 0.1) is 24.0 Å². The molecule has 8 heteroatoms. The van der Waals surface area contributed by atoms with E-state index in [0.717, 1.165) is 6.07 Å². The molecule has 21 heavy (non-hydrogen) atoms. The lowest BCUT2D eigenvalue weighted by Crippen LogP contribution is -2.34. The number of hydrogen-bond donors (Lipinski definition) is 1. The molecule has 2 rings (SSSR count). The van der Waals surface area contributed by atoms with Gasteiger partial charge in [-0.05, 0) is 38.8 Å². The lowest BCUT2D eigenvalue weighted by molar-refractivity contribution is -0.385. The molecule has 0 saturated carbocycles. The maximum Gasteiger partial charge on any atom is 0.273 e. The SMILES string of the molecule is Cc1cc(S(=O)(=O)N2CCC(C)(O)C2)cc([N+](=O)[O-])c1C. The highest BCUT2D eigenvalue weighted by atomic mass is 32.2. The molecule has 0 bridgehead atoms. The summed E-state index contributed by atoms with van der Waals surface area (Å²) in [5, 5.41) is 20.9. The lowest BCUT2D eigenvalue weighted by Gasteiger charge is -2.19. The van der Waals surface area contributed by atoms with Gasteiger partial charge in [0, 0.05) is 24.7 Å². The molecular formula is C13H18N2O5S. The standard InChI is InChI=1S/C13H18N2O5S/c1-9-6-11(7-12(10(9)2)15(17)18)21(19,20)14-5-4-13(3,16)8-14/h6-7,16H,4-5,8H2,1-3H3. The van der Waals surface area contributed by atoms with E-state index < -0.39 is 20.5 Å². The summed E-state index contributed by atoms with van der Waals surface area (Å²) in [6.07, 6.45) is 0.346. The van der Waals surface area contributed by atoms with Crippen LogP contribution in [0.4, 0.5) is 5.69 Å². The second-order valence-electron chi connectivity index (χ2n) is 5.73. The second-order valence-corrected chi connectivity index (χ2v) is 7.66. The molecule has 1 aromatic carbocycles. The highest BCUT2D eigenvalue weighted by molar-refractivity contribution is 7.89. The number of nitrogens with zero attached hydrogens (tertiary/aromatic N) is 2. The van der Waals surface area contributed by atoms with Crippen LogP contribution >= 0.6 is 0 Å². The molecule has 1 saturated heterocycles. The van der Waals surface area contributed by atoms with E-state index in [9.17, 15) is 23.6 Å². The largest absolute Gasteiger partial charge is 0.389 e. The normalized spacial score (nSPS) is 23.4. The van der Waals surface area contributed by atoms with Crippen LogP contribution in [0.2, 0.25) is 0 Å². The third-order valence-corrected chi connectivity index (χ3v) is 5.69. The summed E-state index contributed by atoms with van der Waals surface area (Å²) >= 11 is 0. The van der Waals surface area contributed by atoms with E-state index in [0.29, 0.717) is 17.5 Å². The van der Waals surface area contributed by atoms with E-state index >= 15 is 0 Å². The zero-order valence-corrected chi connectivity index (χ0v) is 13.0. The van der Waals surface area contributed by atoms with E-state index in [1.54, 1.807) is 20.8 Å². The van der Waals surface area contributed by atoms with Gasteiger partial charge in [0.1, 0.15) is 0 Å². The molecule has 0 spiro atoms. The topological polar surface area (TPSA) is 101 Å². The maximum atomic E-state index is 12.6. The minimum atomic E-state index is -3.84. The van der Waals surface area contributed by atoms with Crippen LogP contribution in [0.1, 0.15) is 24.5 Å². The Kier molecular flexibility index (Phi) is 3.81. The predicted octanol–water partition coefficient (Wildman–Crippen LogP) is 1.36. The van der Waals surface area contributed by atoms with Crippen molar-refractivity contribution in [2.24, 2.45) is 0 Å². The fourth-order valence-corrected chi connectivity index (χ4v) is 4.07. The highest BCUT2D eigenvalue weighted by Crippen LogP contribution is 2.31. The van der Waals surface area contributed by atoms with E-state index in [-0.39, 0.29) is 23.7 Å². The molecule has 0 amide bonds. The molecule has 1 heterocycles. The Labute approximate surface area is 123 Å². The summed E-state index contributed by atoms with van der Waals surface area (Å²) in [6.45, 7) is 5.00. The smallest absolute Gasteiger partial charge is 0.273 e. The van der Waals surface area contributed by atoms with Gasteiger partial charge in [-0.2, -0.15) is 4.31 Å². The Hall–Kier alpha value is -1.51. The summed E-state index contributed by atoms with van der Waals surface area (Å²) < 4.78 is 26.3. The van der Waals surface area contributed by atoms with Crippen molar-refractivity contribution in [2.45, 2.75) is 37.7 Å². The van der Waals surface area contributed by atoms with E-state index in [1.165, 1.54) is 10.4 Å². The van der Waals surface area contributed by atoms with Crippen molar-refractivity contribution >= 4 is 15.7 Å². The van der Waals surface area contributed by atoms with Crippen molar-refractivity contribution in [3.8, 4) is 0 Å². The van der Waals surface area contributed by atoms with Gasteiger partial charge in [0.25, 0.3) is 5.69 Å². The Bertz CT molecular complexity index is 697. The molecule has 1 aromatic rings. The monoisotopic (exact) mass is 314 g/mol. The average Bonchev–Trinajstić information content (AvgIpc) is 2.73. The Balaban J connectivity index is 2.49. The predicted molar refractivity (Wildman–Crippen MR) is 76.6 cm³/mol. The first-order valence-electron chi connectivity index (χ1n) is 6.53. The average molecular weight is 314 g/mol. The molecular weight excluding hydrogens is 296 g/mol. The van der Waals surface area contributed by atoms with Crippen LogP contribution in [-0.4, -0.2) is 41.4 Å². The number of aliphatic hydroxyl groups is 1.